The lowest BCUT2D eigenvalue weighted by molar-refractivity contribution is 0.0498. The van der Waals surface area contributed by atoms with E-state index in [2.05, 4.69) is 25.7 Å². The van der Waals surface area contributed by atoms with Crippen molar-refractivity contribution in [3.63, 3.8) is 0 Å². The molecule has 1 aliphatic heterocycles. The van der Waals surface area contributed by atoms with Crippen LogP contribution >= 0.6 is 0 Å². The second-order valence-corrected chi connectivity index (χ2v) is 6.68. The number of para-hydroxylation sites is 1. The predicted molar refractivity (Wildman–Crippen MR) is 99.6 cm³/mol. The van der Waals surface area contributed by atoms with Crippen molar-refractivity contribution in [2.75, 3.05) is 13.1 Å². The number of hydrogen-bond acceptors (Lipinski definition) is 6. The Morgan fingerprint density at radius 1 is 1.11 bits per heavy atom. The van der Waals surface area contributed by atoms with Gasteiger partial charge >= 0.3 is 0 Å². The van der Waals surface area contributed by atoms with Gasteiger partial charge in [-0.15, -0.1) is 5.10 Å². The molecule has 0 atom stereocenters. The summed E-state index contributed by atoms with van der Waals surface area (Å²) in [5, 5.41) is 18.9. The molecule has 9 nitrogen and oxygen atoms in total. The van der Waals surface area contributed by atoms with Crippen LogP contribution in [0.1, 0.15) is 22.1 Å². The highest BCUT2D eigenvalue weighted by molar-refractivity contribution is 5.97. The zero-order valence-electron chi connectivity index (χ0n) is 14.9. The topological polar surface area (TPSA) is 102 Å². The van der Waals surface area contributed by atoms with Crippen molar-refractivity contribution < 1.29 is 9.53 Å². The molecule has 0 aliphatic carbocycles. The average Bonchev–Trinajstić information content (AvgIpc) is 3.35. The maximum atomic E-state index is 12.6. The lowest BCUT2D eigenvalue weighted by Crippen LogP contribution is -2.50. The van der Waals surface area contributed by atoms with Gasteiger partial charge in [0.1, 0.15) is 29.1 Å². The maximum Gasteiger partial charge on any atom is 0.254 e. The molecular formula is C19H17N7O2. The molecule has 1 aliphatic rings. The van der Waals surface area contributed by atoms with Gasteiger partial charge in [-0.2, -0.15) is 15.4 Å². The van der Waals surface area contributed by atoms with Crippen LogP contribution in [0, 0.1) is 0 Å². The molecule has 140 valence electrons. The number of aromatic amines is 1. The van der Waals surface area contributed by atoms with Crippen LogP contribution in [0.15, 0.2) is 54.7 Å². The zero-order chi connectivity index (χ0) is 18.9. The quantitative estimate of drug-likeness (QED) is 0.571. The van der Waals surface area contributed by atoms with Crippen LogP contribution in [0.3, 0.4) is 0 Å². The van der Waals surface area contributed by atoms with E-state index < -0.39 is 0 Å². The number of aromatic nitrogens is 6. The van der Waals surface area contributed by atoms with Gasteiger partial charge in [0.2, 0.25) is 0 Å². The smallest absolute Gasteiger partial charge is 0.254 e. The van der Waals surface area contributed by atoms with Crippen LogP contribution in [0.2, 0.25) is 0 Å². The van der Waals surface area contributed by atoms with Crippen molar-refractivity contribution in [3.8, 4) is 5.75 Å². The molecule has 0 saturated carbocycles. The van der Waals surface area contributed by atoms with Crippen LogP contribution in [-0.2, 0) is 6.61 Å². The number of benzene rings is 2. The Morgan fingerprint density at radius 2 is 1.93 bits per heavy atom. The summed E-state index contributed by atoms with van der Waals surface area (Å²) in [7, 11) is 0. The number of nitrogens with zero attached hydrogens (tertiary/aromatic N) is 6. The van der Waals surface area contributed by atoms with E-state index in [4.69, 9.17) is 4.74 Å². The summed E-state index contributed by atoms with van der Waals surface area (Å²) < 4.78 is 7.49. The average molecular weight is 375 g/mol. The van der Waals surface area contributed by atoms with E-state index in [0.29, 0.717) is 30.8 Å². The molecule has 4 aromatic rings. The number of amides is 1. The highest BCUT2D eigenvalue weighted by atomic mass is 16.5. The third-order valence-corrected chi connectivity index (χ3v) is 4.77. The van der Waals surface area contributed by atoms with Crippen molar-refractivity contribution in [3.05, 3.63) is 66.0 Å². The molecule has 1 saturated heterocycles. The largest absolute Gasteiger partial charge is 0.487 e. The molecule has 2 aromatic heterocycles. The molecule has 5 rings (SSSR count). The fourth-order valence-corrected chi connectivity index (χ4v) is 3.18. The van der Waals surface area contributed by atoms with Gasteiger partial charge in [0.15, 0.2) is 0 Å². The van der Waals surface area contributed by atoms with Gasteiger partial charge in [0.05, 0.1) is 12.2 Å². The first-order chi connectivity index (χ1) is 13.8. The second-order valence-electron chi connectivity index (χ2n) is 6.68. The number of H-pyrrole nitrogens is 1. The molecule has 0 radical (unpaired) electrons. The Labute approximate surface area is 159 Å². The Morgan fingerprint density at radius 3 is 2.79 bits per heavy atom. The zero-order valence-corrected chi connectivity index (χ0v) is 14.9. The Balaban J connectivity index is 1.18. The number of likely N-dealkylation sites (tertiary alicyclic amines) is 1. The number of ether oxygens (including phenoxy) is 1. The summed E-state index contributed by atoms with van der Waals surface area (Å²) in [6, 6.07) is 15.0. The molecule has 28 heavy (non-hydrogen) atoms. The molecule has 9 heteroatoms. The number of nitrogens with one attached hydrogen (secondary N) is 1. The molecule has 1 N–H and O–H groups in total. The number of fused-ring (bicyclic) bond motifs is 1. The SMILES string of the molecule is O=C(c1ccc2n[nH]nc2c1)N1CC(n2cc(COc3ccccc3)nn2)C1. The molecule has 3 heterocycles. The maximum absolute atomic E-state index is 12.6. The third kappa shape index (κ3) is 3.07. The minimum absolute atomic E-state index is 0.0195. The van der Waals surface area contributed by atoms with Crippen LogP contribution in [0.5, 0.6) is 5.75 Å². The van der Waals surface area contributed by atoms with Crippen molar-refractivity contribution in [1.29, 1.82) is 0 Å². The van der Waals surface area contributed by atoms with E-state index in [0.717, 1.165) is 17.0 Å². The number of rotatable bonds is 5. The first kappa shape index (κ1) is 16.4. The number of carbonyl (C=O) groups is 1. The standard InChI is InChI=1S/C19H17N7O2/c27-19(13-6-7-17-18(8-13)22-23-21-17)25-10-15(11-25)26-9-14(20-24-26)12-28-16-4-2-1-3-5-16/h1-9,15H,10-12H2,(H,21,22,23). The number of hydrogen-bond donors (Lipinski definition) is 1. The Bertz CT molecular complexity index is 1120. The van der Waals surface area contributed by atoms with Crippen molar-refractivity contribution in [1.82, 2.24) is 35.3 Å². The monoisotopic (exact) mass is 375 g/mol. The Hall–Kier alpha value is -3.75. The molecule has 2 aromatic carbocycles. The predicted octanol–water partition coefficient (Wildman–Crippen LogP) is 1.83. The minimum atomic E-state index is -0.0195. The van der Waals surface area contributed by atoms with E-state index >= 15 is 0 Å². The lowest BCUT2D eigenvalue weighted by Gasteiger charge is -2.38. The summed E-state index contributed by atoms with van der Waals surface area (Å²) >= 11 is 0. The highest BCUT2D eigenvalue weighted by Crippen LogP contribution is 2.23. The van der Waals surface area contributed by atoms with E-state index in [1.807, 2.05) is 36.5 Å². The molecule has 1 fully saturated rings. The molecular weight excluding hydrogens is 358 g/mol. The van der Waals surface area contributed by atoms with Crippen LogP contribution in [-0.4, -0.2) is 54.3 Å². The van der Waals surface area contributed by atoms with E-state index in [1.165, 1.54) is 0 Å². The van der Waals surface area contributed by atoms with Gasteiger partial charge in [-0.1, -0.05) is 23.4 Å². The van der Waals surface area contributed by atoms with Crippen LogP contribution in [0.25, 0.3) is 11.0 Å². The van der Waals surface area contributed by atoms with Crippen LogP contribution in [0.4, 0.5) is 0 Å². The van der Waals surface area contributed by atoms with Gasteiger partial charge in [-0.05, 0) is 30.3 Å². The fourth-order valence-electron chi connectivity index (χ4n) is 3.18. The van der Waals surface area contributed by atoms with E-state index in [1.54, 1.807) is 27.8 Å². The van der Waals surface area contributed by atoms with E-state index in [-0.39, 0.29) is 11.9 Å². The minimum Gasteiger partial charge on any atom is -0.487 e. The van der Waals surface area contributed by atoms with Crippen molar-refractivity contribution in [2.45, 2.75) is 12.6 Å². The third-order valence-electron chi connectivity index (χ3n) is 4.77. The Kier molecular flexibility index (Phi) is 3.97. The van der Waals surface area contributed by atoms with E-state index in [9.17, 15) is 4.79 Å². The fraction of sp³-hybridized carbons (Fsp3) is 0.211. The number of carbonyl (C=O) groups excluding carboxylic acids is 1. The first-order valence-electron chi connectivity index (χ1n) is 8.94. The van der Waals surface area contributed by atoms with Gasteiger partial charge in [0, 0.05) is 18.7 Å². The molecule has 0 bridgehead atoms. The molecule has 0 spiro atoms. The van der Waals surface area contributed by atoms with Crippen LogP contribution < -0.4 is 4.74 Å². The first-order valence-corrected chi connectivity index (χ1v) is 8.94. The van der Waals surface area contributed by atoms with Crippen molar-refractivity contribution in [2.24, 2.45) is 0 Å². The lowest BCUT2D eigenvalue weighted by atomic mass is 10.1. The van der Waals surface area contributed by atoms with Crippen molar-refractivity contribution >= 4 is 16.9 Å². The summed E-state index contributed by atoms with van der Waals surface area (Å²) in [4.78, 5) is 14.4. The molecule has 1 amide bonds. The van der Waals surface area contributed by atoms with Gasteiger partial charge in [-0.25, -0.2) is 4.68 Å². The summed E-state index contributed by atoms with van der Waals surface area (Å²) in [6.45, 7) is 1.55. The van der Waals surface area contributed by atoms with Gasteiger partial charge in [0.25, 0.3) is 5.91 Å². The highest BCUT2D eigenvalue weighted by Gasteiger charge is 2.33. The molecule has 0 unspecified atom stereocenters. The normalized spacial score (nSPS) is 14.2. The van der Waals surface area contributed by atoms with Gasteiger partial charge < -0.3 is 9.64 Å². The van der Waals surface area contributed by atoms with Gasteiger partial charge in [-0.3, -0.25) is 4.79 Å². The summed E-state index contributed by atoms with van der Waals surface area (Å²) in [5.74, 6) is 0.774. The second kappa shape index (κ2) is 6.76. The summed E-state index contributed by atoms with van der Waals surface area (Å²) in [6.07, 6.45) is 1.87. The summed E-state index contributed by atoms with van der Waals surface area (Å²) in [5.41, 5.74) is 2.79.